The van der Waals surface area contributed by atoms with Gasteiger partial charge in [-0.2, -0.15) is 0 Å². The van der Waals surface area contributed by atoms with Gasteiger partial charge in [0.15, 0.2) is 17.0 Å². The minimum absolute atomic E-state index is 0.0167. The van der Waals surface area contributed by atoms with Crippen molar-refractivity contribution in [3.8, 4) is 0 Å². The number of nitrogens with one attached hydrogen (secondary N) is 1. The van der Waals surface area contributed by atoms with Crippen molar-refractivity contribution in [2.45, 2.75) is 31.8 Å². The molecule has 0 spiro atoms. The van der Waals surface area contributed by atoms with Gasteiger partial charge in [0.25, 0.3) is 0 Å². The van der Waals surface area contributed by atoms with E-state index in [-0.39, 0.29) is 13.2 Å². The van der Waals surface area contributed by atoms with Gasteiger partial charge in [0.1, 0.15) is 18.7 Å². The molecule has 2 aromatic heterocycles. The summed E-state index contributed by atoms with van der Waals surface area (Å²) < 4.78 is 7.38. The first-order valence-electron chi connectivity index (χ1n) is 7.76. The third-order valence-electron chi connectivity index (χ3n) is 4.02. The van der Waals surface area contributed by atoms with Crippen molar-refractivity contribution < 1.29 is 20.1 Å². The highest BCUT2D eigenvalue weighted by molar-refractivity contribution is 5.82. The monoisotopic (exact) mass is 335 g/mol. The number of nitrogens with zero attached hydrogens (tertiary/aromatic N) is 4. The van der Waals surface area contributed by atoms with Crippen LogP contribution in [0.5, 0.6) is 0 Å². The van der Waals surface area contributed by atoms with Crippen LogP contribution in [0.15, 0.2) is 24.3 Å². The van der Waals surface area contributed by atoms with Gasteiger partial charge in [-0.1, -0.05) is 11.6 Å². The predicted molar refractivity (Wildman–Crippen MR) is 86.3 cm³/mol. The van der Waals surface area contributed by atoms with Crippen LogP contribution in [-0.4, -0.2) is 66.8 Å². The smallest absolute Gasteiger partial charge is 0.167 e. The van der Waals surface area contributed by atoms with E-state index in [9.17, 15) is 10.2 Å². The van der Waals surface area contributed by atoms with Gasteiger partial charge < -0.3 is 25.4 Å². The topological polar surface area (TPSA) is 126 Å². The zero-order valence-corrected chi connectivity index (χ0v) is 13.3. The molecular formula is C15H21N5O4. The lowest BCUT2D eigenvalue weighted by Gasteiger charge is -2.13. The van der Waals surface area contributed by atoms with Gasteiger partial charge in [0.05, 0.1) is 25.6 Å². The van der Waals surface area contributed by atoms with E-state index < -0.39 is 18.4 Å². The van der Waals surface area contributed by atoms with Crippen molar-refractivity contribution in [2.75, 3.05) is 25.1 Å². The van der Waals surface area contributed by atoms with Gasteiger partial charge in [-0.3, -0.25) is 4.57 Å². The van der Waals surface area contributed by atoms with Gasteiger partial charge in [-0.05, 0) is 6.92 Å². The van der Waals surface area contributed by atoms with Crippen molar-refractivity contribution in [3.63, 3.8) is 0 Å². The van der Waals surface area contributed by atoms with Crippen molar-refractivity contribution in [1.82, 2.24) is 19.5 Å². The first kappa shape index (κ1) is 16.8. The zero-order valence-electron chi connectivity index (χ0n) is 13.3. The molecule has 3 atom stereocenters. The van der Waals surface area contributed by atoms with E-state index >= 15 is 0 Å². The van der Waals surface area contributed by atoms with Gasteiger partial charge in [-0.15, -0.1) is 0 Å². The maximum atomic E-state index is 9.89. The van der Waals surface area contributed by atoms with Crippen LogP contribution in [0.4, 0.5) is 5.82 Å². The van der Waals surface area contributed by atoms with E-state index in [2.05, 4.69) is 20.3 Å². The molecular weight excluding hydrogens is 314 g/mol. The number of hydrogen-bond donors (Lipinski definition) is 4. The summed E-state index contributed by atoms with van der Waals surface area (Å²) in [5, 5.41) is 31.2. The highest BCUT2D eigenvalue weighted by Gasteiger charge is 2.35. The normalized spacial score (nSPS) is 24.7. The van der Waals surface area contributed by atoms with Crippen LogP contribution >= 0.6 is 0 Å². The Morgan fingerprint density at radius 1 is 1.42 bits per heavy atom. The zero-order chi connectivity index (χ0) is 17.1. The summed E-state index contributed by atoms with van der Waals surface area (Å²) in [7, 11) is 0. The Morgan fingerprint density at radius 2 is 2.25 bits per heavy atom. The highest BCUT2D eigenvalue weighted by atomic mass is 16.5. The maximum Gasteiger partial charge on any atom is 0.167 e. The molecule has 1 fully saturated rings. The van der Waals surface area contributed by atoms with Crippen LogP contribution in [0.3, 0.4) is 0 Å². The van der Waals surface area contributed by atoms with Crippen molar-refractivity contribution in [2.24, 2.45) is 0 Å². The van der Waals surface area contributed by atoms with E-state index in [1.165, 1.54) is 6.33 Å². The average molecular weight is 335 g/mol. The molecule has 9 nitrogen and oxygen atoms in total. The van der Waals surface area contributed by atoms with Crippen LogP contribution in [0, 0.1) is 0 Å². The molecule has 0 aromatic carbocycles. The Hall–Kier alpha value is -2.07. The molecule has 0 unspecified atom stereocenters. The molecule has 0 bridgehead atoms. The molecule has 3 rings (SSSR count). The number of fused-ring (bicyclic) bond motifs is 1. The fourth-order valence-electron chi connectivity index (χ4n) is 2.63. The fourth-order valence-corrected chi connectivity index (χ4v) is 2.63. The van der Waals surface area contributed by atoms with E-state index in [1.54, 1.807) is 10.9 Å². The molecule has 2 aromatic rings. The van der Waals surface area contributed by atoms with Crippen molar-refractivity contribution in [1.29, 1.82) is 0 Å². The Kier molecular flexibility index (Phi) is 5.05. The number of aliphatic hydroxyl groups is 3. The molecule has 0 aliphatic carbocycles. The summed E-state index contributed by atoms with van der Waals surface area (Å²) >= 11 is 0. The lowest BCUT2D eigenvalue weighted by molar-refractivity contribution is -0.0432. The van der Waals surface area contributed by atoms with E-state index in [0.29, 0.717) is 29.9 Å². The number of ether oxygens (including phenoxy) is 1. The molecule has 4 N–H and O–H groups in total. The van der Waals surface area contributed by atoms with Gasteiger partial charge in [0.2, 0.25) is 0 Å². The largest absolute Gasteiger partial charge is 0.394 e. The Bertz CT molecular complexity index is 732. The third kappa shape index (κ3) is 3.24. The van der Waals surface area contributed by atoms with Crippen molar-refractivity contribution >= 4 is 17.0 Å². The van der Waals surface area contributed by atoms with Crippen LogP contribution in [0.25, 0.3) is 11.2 Å². The first-order valence-corrected chi connectivity index (χ1v) is 7.76. The summed E-state index contributed by atoms with van der Waals surface area (Å²) in [4.78, 5) is 12.8. The SMILES string of the molecule is C/C(=C/CNc1ncnc2c1ncn2[C@H]1C[C@H](O)[C@@H](CO)O1)CO. The number of aromatic nitrogens is 4. The first-order chi connectivity index (χ1) is 11.6. The number of anilines is 1. The second-order valence-corrected chi connectivity index (χ2v) is 5.75. The molecule has 3 heterocycles. The van der Waals surface area contributed by atoms with Crippen molar-refractivity contribution in [3.05, 3.63) is 24.3 Å². The fraction of sp³-hybridized carbons (Fsp3) is 0.533. The summed E-state index contributed by atoms with van der Waals surface area (Å²) in [6.45, 7) is 2.13. The number of aliphatic hydroxyl groups excluding tert-OH is 3. The lowest BCUT2D eigenvalue weighted by atomic mass is 10.2. The Balaban J connectivity index is 1.82. The number of hydrogen-bond acceptors (Lipinski definition) is 8. The predicted octanol–water partition coefficient (Wildman–Crippen LogP) is -0.183. The maximum absolute atomic E-state index is 9.89. The Labute approximate surface area is 138 Å². The summed E-state index contributed by atoms with van der Waals surface area (Å²) in [5.74, 6) is 0.581. The van der Waals surface area contributed by atoms with Crippen LogP contribution in [0.2, 0.25) is 0 Å². The second kappa shape index (κ2) is 7.22. The molecule has 1 saturated heterocycles. The molecule has 0 radical (unpaired) electrons. The molecule has 1 aliphatic heterocycles. The Morgan fingerprint density at radius 3 is 2.96 bits per heavy atom. The molecule has 0 amide bonds. The third-order valence-corrected chi connectivity index (χ3v) is 4.02. The summed E-state index contributed by atoms with van der Waals surface area (Å²) in [5.41, 5.74) is 2.05. The lowest BCUT2D eigenvalue weighted by Crippen LogP contribution is -2.24. The standard InChI is InChI=1S/C15H21N5O4/c1-9(5-21)2-3-16-14-13-15(18-7-17-14)20(8-19-13)12-4-10(23)11(6-22)24-12/h2,7-8,10-12,21-23H,3-6H2,1H3,(H,16,17,18)/b9-2-/t10-,11+,12+/m0/s1. The quantitative estimate of drug-likeness (QED) is 0.536. The van der Waals surface area contributed by atoms with Gasteiger partial charge in [0, 0.05) is 13.0 Å². The second-order valence-electron chi connectivity index (χ2n) is 5.75. The molecule has 0 saturated carbocycles. The van der Waals surface area contributed by atoms with E-state index in [4.69, 9.17) is 9.84 Å². The number of rotatable bonds is 6. The van der Waals surface area contributed by atoms with Crippen LogP contribution < -0.4 is 5.32 Å². The number of imidazole rings is 1. The summed E-state index contributed by atoms with van der Waals surface area (Å²) in [6, 6.07) is 0. The van der Waals surface area contributed by atoms with E-state index in [1.807, 2.05) is 13.0 Å². The average Bonchev–Trinajstić information content (AvgIpc) is 3.18. The van der Waals surface area contributed by atoms with E-state index in [0.717, 1.165) is 5.57 Å². The highest BCUT2D eigenvalue weighted by Crippen LogP contribution is 2.31. The molecule has 130 valence electrons. The molecule has 1 aliphatic rings. The van der Waals surface area contributed by atoms with Gasteiger partial charge in [-0.25, -0.2) is 15.0 Å². The van der Waals surface area contributed by atoms with Gasteiger partial charge >= 0.3 is 0 Å². The van der Waals surface area contributed by atoms with Crippen LogP contribution in [0.1, 0.15) is 19.6 Å². The molecule has 9 heteroatoms. The summed E-state index contributed by atoms with van der Waals surface area (Å²) in [6.07, 6.45) is 3.51. The molecule has 24 heavy (non-hydrogen) atoms. The minimum Gasteiger partial charge on any atom is -0.394 e. The van der Waals surface area contributed by atoms with Crippen LogP contribution in [-0.2, 0) is 4.74 Å². The minimum atomic E-state index is -0.719.